The van der Waals surface area contributed by atoms with Crippen molar-refractivity contribution in [3.63, 3.8) is 0 Å². The van der Waals surface area contributed by atoms with E-state index in [9.17, 15) is 4.79 Å². The Morgan fingerprint density at radius 3 is 2.42 bits per heavy atom. The van der Waals surface area contributed by atoms with Crippen LogP contribution in [-0.2, 0) is 14.0 Å². The van der Waals surface area contributed by atoms with Gasteiger partial charge in [0.1, 0.15) is 0 Å². The van der Waals surface area contributed by atoms with Crippen LogP contribution in [0.4, 0.5) is 0 Å². The van der Waals surface area contributed by atoms with Crippen LogP contribution in [0.15, 0.2) is 0 Å². The predicted molar refractivity (Wildman–Crippen MR) is 79.7 cm³/mol. The minimum atomic E-state index is -1.78. The van der Waals surface area contributed by atoms with Gasteiger partial charge in [-0.15, -0.1) is 0 Å². The summed E-state index contributed by atoms with van der Waals surface area (Å²) >= 11 is 0. The number of carbonyl (C=O) groups is 1. The van der Waals surface area contributed by atoms with Crippen molar-refractivity contribution in [2.24, 2.45) is 0 Å². The van der Waals surface area contributed by atoms with Crippen LogP contribution >= 0.6 is 0 Å². The van der Waals surface area contributed by atoms with Crippen molar-refractivity contribution >= 4 is 14.3 Å². The van der Waals surface area contributed by atoms with Gasteiger partial charge < -0.3 is 14.1 Å². The van der Waals surface area contributed by atoms with Crippen LogP contribution in [0.2, 0.25) is 18.1 Å². The highest BCUT2D eigenvalue weighted by atomic mass is 28.4. The second-order valence-electron chi connectivity index (χ2n) is 7.03. The molecule has 1 aliphatic rings. The number of likely N-dealkylation sites (N-methyl/N-ethyl adjacent to an activating group) is 1. The minimum absolute atomic E-state index is 0.150. The first-order valence-electron chi connectivity index (χ1n) is 7.03. The molecule has 112 valence electrons. The maximum atomic E-state index is 11.5. The molecule has 2 atom stereocenters. The van der Waals surface area contributed by atoms with Crippen molar-refractivity contribution in [2.45, 2.75) is 63.9 Å². The molecule has 0 saturated carbocycles. The number of likely N-dealkylation sites (tertiary alicyclic amines) is 1. The van der Waals surface area contributed by atoms with Crippen LogP contribution in [-0.4, -0.2) is 52.0 Å². The molecule has 1 rings (SSSR count). The van der Waals surface area contributed by atoms with Gasteiger partial charge in [-0.3, -0.25) is 4.79 Å². The zero-order valence-electron chi connectivity index (χ0n) is 13.4. The van der Waals surface area contributed by atoms with E-state index in [2.05, 4.69) is 45.8 Å². The molecule has 0 N–H and O–H groups in total. The fourth-order valence-corrected chi connectivity index (χ4v) is 3.59. The number of esters is 1. The number of hydrogen-bond acceptors (Lipinski definition) is 4. The SMILES string of the molecule is COC(=O)C[C@H]1C(O[Si](C)(C)C(C)(C)C)CCN1C. The molecule has 1 aliphatic heterocycles. The van der Waals surface area contributed by atoms with Crippen LogP contribution in [0.5, 0.6) is 0 Å². The lowest BCUT2D eigenvalue weighted by Gasteiger charge is -2.40. The lowest BCUT2D eigenvalue weighted by atomic mass is 10.1. The third-order valence-corrected chi connectivity index (χ3v) is 9.12. The standard InChI is InChI=1S/C14H29NO3Si/c1-14(2,3)19(6,7)18-12-8-9-15(4)11(12)10-13(16)17-5/h11-12H,8-10H2,1-7H3/t11-,12?/m0/s1. The third kappa shape index (κ3) is 4.03. The number of ether oxygens (including phenoxy) is 1. The number of hydrogen-bond donors (Lipinski definition) is 0. The van der Waals surface area contributed by atoms with E-state index in [1.54, 1.807) is 0 Å². The topological polar surface area (TPSA) is 38.8 Å². The van der Waals surface area contributed by atoms with Gasteiger partial charge in [0.05, 0.1) is 19.6 Å². The highest BCUT2D eigenvalue weighted by Gasteiger charge is 2.43. The molecule has 1 fully saturated rings. The fourth-order valence-electron chi connectivity index (χ4n) is 2.21. The molecule has 1 unspecified atom stereocenters. The average molecular weight is 287 g/mol. The van der Waals surface area contributed by atoms with Gasteiger partial charge in [0.25, 0.3) is 0 Å². The molecule has 4 nitrogen and oxygen atoms in total. The molecule has 1 heterocycles. The first-order chi connectivity index (χ1) is 8.58. The van der Waals surface area contributed by atoms with Gasteiger partial charge in [-0.05, 0) is 31.6 Å². The van der Waals surface area contributed by atoms with Crippen LogP contribution in [0, 0.1) is 0 Å². The number of nitrogens with zero attached hydrogens (tertiary/aromatic N) is 1. The summed E-state index contributed by atoms with van der Waals surface area (Å²) in [4.78, 5) is 13.7. The summed E-state index contributed by atoms with van der Waals surface area (Å²) in [5, 5.41) is 0.198. The molecule has 0 aromatic heterocycles. The molecular weight excluding hydrogens is 258 g/mol. The van der Waals surface area contributed by atoms with Crippen molar-refractivity contribution in [3.05, 3.63) is 0 Å². The smallest absolute Gasteiger partial charge is 0.307 e. The van der Waals surface area contributed by atoms with Crippen molar-refractivity contribution in [3.8, 4) is 0 Å². The van der Waals surface area contributed by atoms with Gasteiger partial charge in [-0.25, -0.2) is 0 Å². The summed E-state index contributed by atoms with van der Waals surface area (Å²) in [6, 6.07) is 0.154. The predicted octanol–water partition coefficient (Wildman–Crippen LogP) is 2.64. The molecule has 1 saturated heterocycles. The molecule has 19 heavy (non-hydrogen) atoms. The van der Waals surface area contributed by atoms with Crippen LogP contribution in [0.3, 0.4) is 0 Å². The van der Waals surface area contributed by atoms with E-state index >= 15 is 0 Å². The van der Waals surface area contributed by atoms with Crippen LogP contribution < -0.4 is 0 Å². The maximum absolute atomic E-state index is 11.5. The Morgan fingerprint density at radius 1 is 1.37 bits per heavy atom. The van der Waals surface area contributed by atoms with Gasteiger partial charge in [0, 0.05) is 12.6 Å². The lowest BCUT2D eigenvalue weighted by molar-refractivity contribution is -0.142. The Morgan fingerprint density at radius 2 is 1.95 bits per heavy atom. The summed E-state index contributed by atoms with van der Waals surface area (Å²) < 4.78 is 11.3. The Kier molecular flexibility index (Phi) is 5.20. The van der Waals surface area contributed by atoms with Gasteiger partial charge in [-0.1, -0.05) is 20.8 Å². The van der Waals surface area contributed by atoms with E-state index in [0.717, 1.165) is 13.0 Å². The number of carbonyl (C=O) groups excluding carboxylic acids is 1. The summed E-state index contributed by atoms with van der Waals surface area (Å²) in [6.45, 7) is 12.2. The highest BCUT2D eigenvalue weighted by Crippen LogP contribution is 2.39. The van der Waals surface area contributed by atoms with Crippen molar-refractivity contribution in [1.29, 1.82) is 0 Å². The van der Waals surface area contributed by atoms with Gasteiger partial charge in [-0.2, -0.15) is 0 Å². The summed E-state index contributed by atoms with van der Waals surface area (Å²) in [6.07, 6.45) is 1.58. The first-order valence-corrected chi connectivity index (χ1v) is 9.94. The third-order valence-electron chi connectivity index (χ3n) is 4.62. The summed E-state index contributed by atoms with van der Waals surface area (Å²) in [5.41, 5.74) is 0. The highest BCUT2D eigenvalue weighted by molar-refractivity contribution is 6.74. The van der Waals surface area contributed by atoms with Gasteiger partial charge in [0.15, 0.2) is 8.32 Å². The minimum Gasteiger partial charge on any atom is -0.469 e. The van der Waals surface area contributed by atoms with E-state index in [-0.39, 0.29) is 23.2 Å². The number of methoxy groups -OCH3 is 1. The normalized spacial score (nSPS) is 25.6. The van der Waals surface area contributed by atoms with E-state index < -0.39 is 8.32 Å². The van der Waals surface area contributed by atoms with E-state index in [0.29, 0.717) is 6.42 Å². The van der Waals surface area contributed by atoms with Crippen molar-refractivity contribution < 1.29 is 14.0 Å². The molecule has 0 aromatic rings. The van der Waals surface area contributed by atoms with Crippen molar-refractivity contribution in [1.82, 2.24) is 4.90 Å². The molecular formula is C14H29NO3Si. The van der Waals surface area contributed by atoms with Crippen molar-refractivity contribution in [2.75, 3.05) is 20.7 Å². The first kappa shape index (κ1) is 16.7. The largest absolute Gasteiger partial charge is 0.469 e. The Labute approximate surface area is 118 Å². The zero-order chi connectivity index (χ0) is 14.8. The van der Waals surface area contributed by atoms with E-state index in [1.807, 2.05) is 0 Å². The molecule has 0 spiro atoms. The molecule has 5 heteroatoms. The summed E-state index contributed by atoms with van der Waals surface area (Å²) in [7, 11) is 1.72. The van der Waals surface area contributed by atoms with Crippen LogP contribution in [0.25, 0.3) is 0 Å². The number of rotatable bonds is 4. The van der Waals surface area contributed by atoms with Gasteiger partial charge in [0.2, 0.25) is 0 Å². The zero-order valence-corrected chi connectivity index (χ0v) is 14.4. The molecule has 0 aromatic carbocycles. The molecule has 0 aliphatic carbocycles. The molecule has 0 radical (unpaired) electrons. The molecule has 0 bridgehead atoms. The Hall–Kier alpha value is -0.393. The second-order valence-corrected chi connectivity index (χ2v) is 11.8. The van der Waals surface area contributed by atoms with Gasteiger partial charge >= 0.3 is 5.97 Å². The van der Waals surface area contributed by atoms with Crippen LogP contribution in [0.1, 0.15) is 33.6 Å². The second kappa shape index (κ2) is 5.93. The van der Waals surface area contributed by atoms with E-state index in [4.69, 9.17) is 9.16 Å². The van der Waals surface area contributed by atoms with E-state index in [1.165, 1.54) is 7.11 Å². The molecule has 0 amide bonds. The average Bonchev–Trinajstić information content (AvgIpc) is 2.59. The lowest BCUT2D eigenvalue weighted by Crippen LogP contribution is -2.47. The Bertz CT molecular complexity index is 325. The Balaban J connectivity index is 2.74. The maximum Gasteiger partial charge on any atom is 0.307 e. The monoisotopic (exact) mass is 287 g/mol. The fraction of sp³-hybridized carbons (Fsp3) is 0.929. The quantitative estimate of drug-likeness (QED) is 0.588. The summed E-state index contributed by atoms with van der Waals surface area (Å²) in [5.74, 6) is -0.150.